The SMILES string of the molecule is CC(C)C(NC(=O)c1ccc([N+](=O)[O-])cc1Cl)C(=O)NCC1COc2ccccc2C1. The summed E-state index contributed by atoms with van der Waals surface area (Å²) in [4.78, 5) is 35.7. The molecule has 1 aliphatic rings. The number of nitrogens with one attached hydrogen (secondary N) is 2. The smallest absolute Gasteiger partial charge is 0.270 e. The van der Waals surface area contributed by atoms with Gasteiger partial charge in [0.15, 0.2) is 0 Å². The van der Waals surface area contributed by atoms with Gasteiger partial charge >= 0.3 is 0 Å². The number of ether oxygens (including phenoxy) is 1. The lowest BCUT2D eigenvalue weighted by atomic mass is 9.96. The van der Waals surface area contributed by atoms with Crippen molar-refractivity contribution >= 4 is 29.1 Å². The van der Waals surface area contributed by atoms with E-state index in [0.29, 0.717) is 13.2 Å². The summed E-state index contributed by atoms with van der Waals surface area (Å²) >= 11 is 6.04. The number of halogens is 1. The molecule has 0 spiro atoms. The number of hydrogen-bond donors (Lipinski definition) is 2. The van der Waals surface area contributed by atoms with Crippen LogP contribution >= 0.6 is 11.6 Å². The van der Waals surface area contributed by atoms with E-state index in [2.05, 4.69) is 10.6 Å². The minimum atomic E-state index is -0.782. The van der Waals surface area contributed by atoms with E-state index in [0.717, 1.165) is 23.8 Å². The monoisotopic (exact) mass is 445 g/mol. The number of hydrogen-bond acceptors (Lipinski definition) is 5. The predicted molar refractivity (Wildman–Crippen MR) is 116 cm³/mol. The number of nitro benzene ring substituents is 1. The molecule has 0 saturated carbocycles. The Labute approximate surface area is 185 Å². The first kappa shape index (κ1) is 22.6. The Balaban J connectivity index is 1.61. The van der Waals surface area contributed by atoms with Crippen molar-refractivity contribution in [2.24, 2.45) is 11.8 Å². The molecule has 3 rings (SSSR count). The maximum Gasteiger partial charge on any atom is 0.270 e. The zero-order chi connectivity index (χ0) is 22.5. The van der Waals surface area contributed by atoms with E-state index in [9.17, 15) is 19.7 Å². The molecule has 0 saturated heterocycles. The number of amides is 2. The fourth-order valence-electron chi connectivity index (χ4n) is 3.43. The van der Waals surface area contributed by atoms with Gasteiger partial charge in [0.25, 0.3) is 11.6 Å². The number of rotatable bonds is 7. The highest BCUT2D eigenvalue weighted by Gasteiger charge is 2.27. The van der Waals surface area contributed by atoms with Gasteiger partial charge in [0.1, 0.15) is 11.8 Å². The molecule has 1 heterocycles. The lowest BCUT2D eigenvalue weighted by Crippen LogP contribution is -2.51. The fraction of sp³-hybridized carbons (Fsp3) is 0.364. The summed E-state index contributed by atoms with van der Waals surface area (Å²) in [5, 5.41) is 16.4. The normalized spacial score (nSPS) is 16.1. The van der Waals surface area contributed by atoms with Crippen LogP contribution in [0.3, 0.4) is 0 Å². The molecular formula is C22H24ClN3O5. The van der Waals surface area contributed by atoms with Gasteiger partial charge in [-0.05, 0) is 30.0 Å². The van der Waals surface area contributed by atoms with Gasteiger partial charge in [-0.25, -0.2) is 0 Å². The molecule has 2 aromatic carbocycles. The lowest BCUT2D eigenvalue weighted by Gasteiger charge is -2.27. The molecule has 31 heavy (non-hydrogen) atoms. The Morgan fingerprint density at radius 3 is 2.68 bits per heavy atom. The molecule has 0 aromatic heterocycles. The zero-order valence-corrected chi connectivity index (χ0v) is 18.0. The minimum absolute atomic E-state index is 0.0485. The molecule has 0 radical (unpaired) electrons. The molecule has 0 fully saturated rings. The summed E-state index contributed by atoms with van der Waals surface area (Å²) in [6.45, 7) is 4.57. The number of carbonyl (C=O) groups excluding carboxylic acids is 2. The third-order valence-corrected chi connectivity index (χ3v) is 5.48. The van der Waals surface area contributed by atoms with Gasteiger partial charge in [0.2, 0.25) is 5.91 Å². The van der Waals surface area contributed by atoms with Crippen molar-refractivity contribution in [3.63, 3.8) is 0 Å². The second-order valence-corrected chi connectivity index (χ2v) is 8.26. The number of fused-ring (bicyclic) bond motifs is 1. The van der Waals surface area contributed by atoms with E-state index in [1.54, 1.807) is 0 Å². The first-order valence-corrected chi connectivity index (χ1v) is 10.4. The molecule has 0 aliphatic carbocycles. The van der Waals surface area contributed by atoms with E-state index in [1.165, 1.54) is 12.1 Å². The highest BCUT2D eigenvalue weighted by molar-refractivity contribution is 6.34. The summed E-state index contributed by atoms with van der Waals surface area (Å²) in [6.07, 6.45) is 0.799. The molecule has 2 atom stereocenters. The van der Waals surface area contributed by atoms with Crippen LogP contribution in [0.2, 0.25) is 5.02 Å². The van der Waals surface area contributed by atoms with Crippen LogP contribution in [-0.4, -0.2) is 35.9 Å². The molecule has 2 aromatic rings. The third-order valence-electron chi connectivity index (χ3n) is 5.16. The first-order valence-electron chi connectivity index (χ1n) is 9.99. The van der Waals surface area contributed by atoms with Crippen molar-refractivity contribution in [2.75, 3.05) is 13.2 Å². The predicted octanol–water partition coefficient (Wildman–Crippen LogP) is 3.37. The van der Waals surface area contributed by atoms with Crippen LogP contribution in [0, 0.1) is 22.0 Å². The van der Waals surface area contributed by atoms with Crippen molar-refractivity contribution in [1.29, 1.82) is 0 Å². The lowest BCUT2D eigenvalue weighted by molar-refractivity contribution is -0.384. The topological polar surface area (TPSA) is 111 Å². The second-order valence-electron chi connectivity index (χ2n) is 7.85. The number of non-ortho nitro benzene ring substituents is 1. The van der Waals surface area contributed by atoms with Gasteiger partial charge in [-0.1, -0.05) is 43.6 Å². The highest BCUT2D eigenvalue weighted by Crippen LogP contribution is 2.26. The Kier molecular flexibility index (Phi) is 7.12. The van der Waals surface area contributed by atoms with Crippen LogP contribution in [0.25, 0.3) is 0 Å². The Hall–Kier alpha value is -3.13. The Bertz CT molecular complexity index is 995. The summed E-state index contributed by atoms with van der Waals surface area (Å²) in [5.74, 6) is -0.0446. The third kappa shape index (κ3) is 5.52. The van der Waals surface area contributed by atoms with E-state index >= 15 is 0 Å². The Morgan fingerprint density at radius 1 is 1.26 bits per heavy atom. The maximum atomic E-state index is 12.8. The van der Waals surface area contributed by atoms with Crippen LogP contribution in [0.15, 0.2) is 42.5 Å². The molecule has 2 amide bonds. The number of carbonyl (C=O) groups is 2. The average molecular weight is 446 g/mol. The number of nitrogens with zero attached hydrogens (tertiary/aromatic N) is 1. The minimum Gasteiger partial charge on any atom is -0.493 e. The first-order chi connectivity index (χ1) is 14.8. The van der Waals surface area contributed by atoms with E-state index in [-0.39, 0.29) is 34.0 Å². The summed E-state index contributed by atoms with van der Waals surface area (Å²) in [5.41, 5.74) is 0.966. The van der Waals surface area contributed by atoms with Gasteiger partial charge in [-0.2, -0.15) is 0 Å². The van der Waals surface area contributed by atoms with Crippen molar-refractivity contribution in [2.45, 2.75) is 26.3 Å². The molecule has 8 nitrogen and oxygen atoms in total. The standard InChI is InChI=1S/C22H24ClN3O5/c1-13(2)20(25-21(27)17-8-7-16(26(29)30)10-18(17)23)22(28)24-11-14-9-15-5-3-4-6-19(15)31-12-14/h3-8,10,13-14,20H,9,11-12H2,1-2H3,(H,24,28)(H,25,27). The van der Waals surface area contributed by atoms with E-state index in [1.807, 2.05) is 38.1 Å². The van der Waals surface area contributed by atoms with Gasteiger partial charge in [0, 0.05) is 24.6 Å². The summed E-state index contributed by atoms with van der Waals surface area (Å²) in [7, 11) is 0. The second kappa shape index (κ2) is 9.78. The molecular weight excluding hydrogens is 422 g/mol. The molecule has 9 heteroatoms. The average Bonchev–Trinajstić information content (AvgIpc) is 2.75. The fourth-order valence-corrected chi connectivity index (χ4v) is 3.69. The van der Waals surface area contributed by atoms with E-state index in [4.69, 9.17) is 16.3 Å². The summed E-state index contributed by atoms with van der Waals surface area (Å²) in [6, 6.07) is 10.6. The zero-order valence-electron chi connectivity index (χ0n) is 17.3. The molecule has 0 bridgehead atoms. The van der Waals surface area contributed by atoms with Crippen molar-refractivity contribution < 1.29 is 19.2 Å². The summed E-state index contributed by atoms with van der Waals surface area (Å²) < 4.78 is 5.75. The van der Waals surface area contributed by atoms with Gasteiger partial charge in [-0.3, -0.25) is 19.7 Å². The molecule has 164 valence electrons. The Morgan fingerprint density at radius 2 is 2.00 bits per heavy atom. The quantitative estimate of drug-likeness (QED) is 0.501. The molecule has 2 unspecified atom stereocenters. The van der Waals surface area contributed by atoms with Gasteiger partial charge < -0.3 is 15.4 Å². The van der Waals surface area contributed by atoms with Gasteiger partial charge in [0.05, 0.1) is 22.1 Å². The van der Waals surface area contributed by atoms with Gasteiger partial charge in [-0.15, -0.1) is 0 Å². The number of para-hydroxylation sites is 1. The van der Waals surface area contributed by atoms with Crippen LogP contribution in [0.4, 0.5) is 5.69 Å². The van der Waals surface area contributed by atoms with Crippen LogP contribution < -0.4 is 15.4 Å². The van der Waals surface area contributed by atoms with Crippen molar-refractivity contribution in [1.82, 2.24) is 10.6 Å². The van der Waals surface area contributed by atoms with Crippen LogP contribution in [-0.2, 0) is 11.2 Å². The van der Waals surface area contributed by atoms with Crippen LogP contribution in [0.1, 0.15) is 29.8 Å². The number of benzene rings is 2. The van der Waals surface area contributed by atoms with Crippen molar-refractivity contribution in [3.8, 4) is 5.75 Å². The highest BCUT2D eigenvalue weighted by atomic mass is 35.5. The number of nitro groups is 1. The van der Waals surface area contributed by atoms with Crippen LogP contribution in [0.5, 0.6) is 5.75 Å². The largest absolute Gasteiger partial charge is 0.493 e. The van der Waals surface area contributed by atoms with E-state index < -0.39 is 16.9 Å². The molecule has 1 aliphatic heterocycles. The van der Waals surface area contributed by atoms with Crippen molar-refractivity contribution in [3.05, 3.63) is 68.7 Å². The maximum absolute atomic E-state index is 12.8. The molecule has 2 N–H and O–H groups in total.